The van der Waals surface area contributed by atoms with Crippen LogP contribution in [0.2, 0.25) is 0 Å². The number of nitrogens with zero attached hydrogens (tertiary/aromatic N) is 1. The summed E-state index contributed by atoms with van der Waals surface area (Å²) < 4.78 is 5.28. The maximum absolute atomic E-state index is 5.40. The van der Waals surface area contributed by atoms with Crippen LogP contribution in [0.4, 0.5) is 0 Å². The minimum absolute atomic E-state index is 0.192. The molecule has 1 aromatic heterocycles. The predicted molar refractivity (Wildman–Crippen MR) is 69.5 cm³/mol. The van der Waals surface area contributed by atoms with Gasteiger partial charge < -0.3 is 9.73 Å². The van der Waals surface area contributed by atoms with E-state index in [0.29, 0.717) is 12.0 Å². The number of furan rings is 1. The third-order valence-corrected chi connectivity index (χ3v) is 2.30. The Labute approximate surface area is 102 Å². The predicted octanol–water partition coefficient (Wildman–Crippen LogP) is 1.42. The molecule has 0 amide bonds. The molecule has 0 spiro atoms. The molecule has 17 heavy (non-hydrogen) atoms. The molecule has 0 saturated heterocycles. The Bertz CT molecular complexity index is 332. The molecule has 0 aliphatic heterocycles. The second-order valence-electron chi connectivity index (χ2n) is 4.39. The Morgan fingerprint density at radius 1 is 1.47 bits per heavy atom. The summed E-state index contributed by atoms with van der Waals surface area (Å²) in [6.07, 6.45) is 3.51. The smallest absolute Gasteiger partial charge is 0.206 e. The largest absolute Gasteiger partial charge is 0.469 e. The lowest BCUT2D eigenvalue weighted by atomic mass is 10.1. The lowest BCUT2D eigenvalue weighted by Gasteiger charge is -2.14. The molecule has 0 aromatic carbocycles. The van der Waals surface area contributed by atoms with E-state index in [2.05, 4.69) is 22.7 Å². The molecule has 5 heteroatoms. The molecule has 0 radical (unpaired) electrons. The number of nitrogens with two attached hydrogens (primary N) is 1. The van der Waals surface area contributed by atoms with Gasteiger partial charge in [0.25, 0.3) is 0 Å². The van der Waals surface area contributed by atoms with Crippen molar-refractivity contribution in [3.05, 3.63) is 24.2 Å². The zero-order chi connectivity index (χ0) is 12.7. The highest BCUT2D eigenvalue weighted by Crippen LogP contribution is 2.07. The molecule has 0 saturated carbocycles. The molecule has 96 valence electrons. The van der Waals surface area contributed by atoms with Crippen LogP contribution >= 0.6 is 0 Å². The minimum atomic E-state index is 0.192. The van der Waals surface area contributed by atoms with Gasteiger partial charge in [0.1, 0.15) is 5.76 Å². The van der Waals surface area contributed by atoms with Crippen molar-refractivity contribution >= 4 is 5.96 Å². The lowest BCUT2D eigenvalue weighted by Crippen LogP contribution is -2.45. The number of guanidine groups is 1. The first-order valence-electron chi connectivity index (χ1n) is 5.95. The fourth-order valence-corrected chi connectivity index (χ4v) is 1.48. The number of hydrazine groups is 1. The second-order valence-corrected chi connectivity index (χ2v) is 4.39. The van der Waals surface area contributed by atoms with Crippen molar-refractivity contribution in [3.8, 4) is 0 Å². The Kier molecular flexibility index (Phi) is 5.56. The van der Waals surface area contributed by atoms with Crippen molar-refractivity contribution in [1.82, 2.24) is 10.7 Å². The molecule has 0 bridgehead atoms. The quantitative estimate of drug-likeness (QED) is 0.314. The van der Waals surface area contributed by atoms with Crippen LogP contribution in [0.5, 0.6) is 0 Å². The summed E-state index contributed by atoms with van der Waals surface area (Å²) in [5, 5.41) is 3.14. The maximum atomic E-state index is 5.40. The zero-order valence-corrected chi connectivity index (χ0v) is 10.7. The monoisotopic (exact) mass is 238 g/mol. The van der Waals surface area contributed by atoms with Crippen LogP contribution < -0.4 is 16.6 Å². The van der Waals surface area contributed by atoms with Gasteiger partial charge in [-0.3, -0.25) is 5.43 Å². The number of rotatable bonds is 5. The van der Waals surface area contributed by atoms with Crippen LogP contribution in [-0.4, -0.2) is 18.0 Å². The summed E-state index contributed by atoms with van der Waals surface area (Å²) in [4.78, 5) is 4.46. The van der Waals surface area contributed by atoms with E-state index < -0.39 is 0 Å². The van der Waals surface area contributed by atoms with Gasteiger partial charge in [0.15, 0.2) is 0 Å². The van der Waals surface area contributed by atoms with Gasteiger partial charge in [-0.1, -0.05) is 0 Å². The summed E-state index contributed by atoms with van der Waals surface area (Å²) in [6, 6.07) is 4.38. The lowest BCUT2D eigenvalue weighted by molar-refractivity contribution is 0.490. The molecule has 1 atom stereocenters. The summed E-state index contributed by atoms with van der Waals surface area (Å²) in [5.74, 6) is 7.02. The topological polar surface area (TPSA) is 75.6 Å². The van der Waals surface area contributed by atoms with Crippen LogP contribution in [0, 0.1) is 0 Å². The van der Waals surface area contributed by atoms with E-state index >= 15 is 0 Å². The Morgan fingerprint density at radius 2 is 2.24 bits per heavy atom. The maximum Gasteiger partial charge on any atom is 0.206 e. The summed E-state index contributed by atoms with van der Waals surface area (Å²) in [5.41, 5.74) is 2.57. The van der Waals surface area contributed by atoms with Gasteiger partial charge in [-0.15, -0.1) is 0 Å². The molecule has 1 aromatic rings. The van der Waals surface area contributed by atoms with E-state index in [4.69, 9.17) is 10.3 Å². The fraction of sp³-hybridized carbons (Fsp3) is 0.583. The highest BCUT2D eigenvalue weighted by Gasteiger charge is 2.05. The van der Waals surface area contributed by atoms with Crippen molar-refractivity contribution in [2.45, 2.75) is 45.7 Å². The summed E-state index contributed by atoms with van der Waals surface area (Å²) in [6.45, 7) is 6.14. The average Bonchev–Trinajstić information content (AvgIpc) is 2.77. The molecular formula is C12H22N4O. The van der Waals surface area contributed by atoms with Crippen LogP contribution in [0.25, 0.3) is 0 Å². The number of nitrogens with one attached hydrogen (secondary N) is 2. The van der Waals surface area contributed by atoms with Crippen LogP contribution in [-0.2, 0) is 6.42 Å². The Hall–Kier alpha value is -1.49. The number of aliphatic imine (C=N–C) groups is 1. The molecule has 1 rings (SSSR count). The van der Waals surface area contributed by atoms with Gasteiger partial charge in [0.2, 0.25) is 5.96 Å². The zero-order valence-electron chi connectivity index (χ0n) is 10.7. The number of hydrogen-bond donors (Lipinski definition) is 3. The first-order valence-corrected chi connectivity index (χ1v) is 5.95. The van der Waals surface area contributed by atoms with Crippen molar-refractivity contribution in [2.75, 3.05) is 0 Å². The summed E-state index contributed by atoms with van der Waals surface area (Å²) in [7, 11) is 0. The molecule has 0 aliphatic rings. The highest BCUT2D eigenvalue weighted by molar-refractivity contribution is 5.79. The van der Waals surface area contributed by atoms with Crippen molar-refractivity contribution in [1.29, 1.82) is 0 Å². The van der Waals surface area contributed by atoms with Crippen LogP contribution in [0.15, 0.2) is 27.8 Å². The number of hydrogen-bond acceptors (Lipinski definition) is 3. The van der Waals surface area contributed by atoms with E-state index in [-0.39, 0.29) is 6.04 Å². The average molecular weight is 238 g/mol. The van der Waals surface area contributed by atoms with Crippen molar-refractivity contribution in [2.24, 2.45) is 10.8 Å². The third kappa shape index (κ3) is 5.40. The van der Waals surface area contributed by atoms with Gasteiger partial charge in [0.05, 0.1) is 12.3 Å². The molecule has 0 fully saturated rings. The molecule has 1 heterocycles. The minimum Gasteiger partial charge on any atom is -0.469 e. The van der Waals surface area contributed by atoms with Crippen LogP contribution in [0.3, 0.4) is 0 Å². The standard InChI is InChI=1S/C12H22N4O/c1-9(2)14-12(16-13)15-10(3)6-7-11-5-4-8-17-11/h4-5,8-10H,6-7,13H2,1-3H3,(H2,14,15,16). The molecule has 0 aliphatic carbocycles. The van der Waals surface area contributed by atoms with E-state index in [1.165, 1.54) is 0 Å². The number of aryl methyl sites for hydroxylation is 1. The van der Waals surface area contributed by atoms with Crippen molar-refractivity contribution < 1.29 is 4.42 Å². The van der Waals surface area contributed by atoms with E-state index in [0.717, 1.165) is 18.6 Å². The SMILES string of the molecule is CC(CCc1ccco1)N=C(NN)NC(C)C. The normalized spacial score (nSPS) is 13.8. The van der Waals surface area contributed by atoms with Crippen molar-refractivity contribution in [3.63, 3.8) is 0 Å². The van der Waals surface area contributed by atoms with Gasteiger partial charge in [-0.05, 0) is 39.3 Å². The van der Waals surface area contributed by atoms with Gasteiger partial charge in [-0.2, -0.15) is 0 Å². The van der Waals surface area contributed by atoms with Gasteiger partial charge in [-0.25, -0.2) is 10.8 Å². The first kappa shape index (κ1) is 13.6. The Balaban J connectivity index is 2.40. The van der Waals surface area contributed by atoms with E-state index in [1.54, 1.807) is 6.26 Å². The molecule has 1 unspecified atom stereocenters. The highest BCUT2D eigenvalue weighted by atomic mass is 16.3. The van der Waals surface area contributed by atoms with Crippen LogP contribution in [0.1, 0.15) is 33.0 Å². The first-order chi connectivity index (χ1) is 8.11. The third-order valence-electron chi connectivity index (χ3n) is 2.30. The molecular weight excluding hydrogens is 216 g/mol. The van der Waals surface area contributed by atoms with E-state index in [1.807, 2.05) is 26.0 Å². The Morgan fingerprint density at radius 3 is 2.76 bits per heavy atom. The summed E-state index contributed by atoms with van der Waals surface area (Å²) >= 11 is 0. The van der Waals surface area contributed by atoms with E-state index in [9.17, 15) is 0 Å². The van der Waals surface area contributed by atoms with Gasteiger partial charge >= 0.3 is 0 Å². The molecule has 4 N–H and O–H groups in total. The fourth-order valence-electron chi connectivity index (χ4n) is 1.48. The molecule has 5 nitrogen and oxygen atoms in total. The van der Waals surface area contributed by atoms with Gasteiger partial charge in [0, 0.05) is 12.5 Å². The second kappa shape index (κ2) is 6.96.